The highest BCUT2D eigenvalue weighted by molar-refractivity contribution is 8.16. The number of carbonyl (C=O) groups is 2. The number of benzene rings is 2. The Balaban J connectivity index is 1.46. The van der Waals surface area contributed by atoms with E-state index in [0.717, 1.165) is 23.9 Å². The molecule has 1 unspecified atom stereocenters. The molecule has 2 aromatic carbocycles. The van der Waals surface area contributed by atoms with Crippen LogP contribution in [0.2, 0.25) is 0 Å². The zero-order valence-electron chi connectivity index (χ0n) is 15.6. The first-order valence-electron chi connectivity index (χ1n) is 9.00. The summed E-state index contributed by atoms with van der Waals surface area (Å²) in [5.41, 5.74) is -1.09. The molecule has 1 aromatic heterocycles. The fourth-order valence-corrected chi connectivity index (χ4v) is 4.07. The standard InChI is InChI=1S/C21H13F3N2O4S/c22-21(23,24)12-5-3-6-13(9-12)25-17(27)10-16-18(28)26-19(31-16)14-8-11-4-1-2-7-15(11)30-20(14)29/h1-9,16H,10H2,(H,25,27). The van der Waals surface area contributed by atoms with E-state index in [1.807, 2.05) is 0 Å². The van der Waals surface area contributed by atoms with Gasteiger partial charge in [0.15, 0.2) is 0 Å². The molecule has 31 heavy (non-hydrogen) atoms. The highest BCUT2D eigenvalue weighted by Crippen LogP contribution is 2.32. The number of halogens is 3. The molecule has 0 fully saturated rings. The quantitative estimate of drug-likeness (QED) is 0.606. The van der Waals surface area contributed by atoms with E-state index >= 15 is 0 Å². The molecule has 6 nitrogen and oxygen atoms in total. The molecule has 0 saturated heterocycles. The second kappa shape index (κ2) is 8.03. The molecule has 1 aliphatic heterocycles. The SMILES string of the molecule is O=C(CC1SC(c2cc3ccccc3oc2=O)=NC1=O)Nc1cccc(C(F)(F)F)c1. The monoisotopic (exact) mass is 446 g/mol. The number of hydrogen-bond donors (Lipinski definition) is 1. The minimum atomic E-state index is -4.54. The van der Waals surface area contributed by atoms with Crippen molar-refractivity contribution in [3.05, 3.63) is 76.1 Å². The van der Waals surface area contributed by atoms with Gasteiger partial charge in [-0.2, -0.15) is 13.2 Å². The Kier molecular flexibility index (Phi) is 5.40. The lowest BCUT2D eigenvalue weighted by molar-refractivity contribution is -0.137. The molecular weight excluding hydrogens is 433 g/mol. The first kappa shape index (κ1) is 20.9. The molecule has 0 bridgehead atoms. The molecule has 0 spiro atoms. The minimum Gasteiger partial charge on any atom is -0.422 e. The van der Waals surface area contributed by atoms with Crippen LogP contribution in [0.1, 0.15) is 17.5 Å². The highest BCUT2D eigenvalue weighted by Gasteiger charge is 2.33. The van der Waals surface area contributed by atoms with E-state index in [1.54, 1.807) is 30.3 Å². The molecule has 1 aliphatic rings. The van der Waals surface area contributed by atoms with Gasteiger partial charge in [0.25, 0.3) is 5.91 Å². The van der Waals surface area contributed by atoms with Crippen molar-refractivity contribution in [1.82, 2.24) is 0 Å². The summed E-state index contributed by atoms with van der Waals surface area (Å²) >= 11 is 0.941. The molecule has 2 amide bonds. The van der Waals surface area contributed by atoms with Crippen LogP contribution in [-0.2, 0) is 15.8 Å². The molecular formula is C21H13F3N2O4S. The normalized spacial score (nSPS) is 16.4. The number of rotatable bonds is 4. The number of alkyl halides is 3. The summed E-state index contributed by atoms with van der Waals surface area (Å²) < 4.78 is 43.7. The van der Waals surface area contributed by atoms with Gasteiger partial charge in [0.05, 0.1) is 11.1 Å². The summed E-state index contributed by atoms with van der Waals surface area (Å²) in [7, 11) is 0. The van der Waals surface area contributed by atoms with Gasteiger partial charge in [-0.3, -0.25) is 9.59 Å². The zero-order chi connectivity index (χ0) is 22.2. The van der Waals surface area contributed by atoms with Crippen molar-refractivity contribution in [3.63, 3.8) is 0 Å². The molecule has 4 rings (SSSR count). The smallest absolute Gasteiger partial charge is 0.416 e. The van der Waals surface area contributed by atoms with E-state index in [9.17, 15) is 27.6 Å². The summed E-state index contributed by atoms with van der Waals surface area (Å²) in [5.74, 6) is -1.25. The van der Waals surface area contributed by atoms with Crippen molar-refractivity contribution in [3.8, 4) is 0 Å². The third-order valence-corrected chi connectivity index (χ3v) is 5.64. The van der Waals surface area contributed by atoms with Crippen molar-refractivity contribution in [2.45, 2.75) is 17.8 Å². The lowest BCUT2D eigenvalue weighted by atomic mass is 10.2. The fourth-order valence-electron chi connectivity index (χ4n) is 3.00. The molecule has 158 valence electrons. The largest absolute Gasteiger partial charge is 0.422 e. The first-order chi connectivity index (χ1) is 14.7. The molecule has 0 aliphatic carbocycles. The van der Waals surface area contributed by atoms with E-state index < -0.39 is 34.4 Å². The number of amides is 2. The van der Waals surface area contributed by atoms with Gasteiger partial charge in [0.1, 0.15) is 15.9 Å². The number of carbonyl (C=O) groups excluding carboxylic acids is 2. The average molecular weight is 446 g/mol. The second-order valence-electron chi connectivity index (χ2n) is 6.68. The summed E-state index contributed by atoms with van der Waals surface area (Å²) in [4.78, 5) is 40.6. The number of nitrogens with one attached hydrogen (secondary N) is 1. The Bertz CT molecular complexity index is 1280. The average Bonchev–Trinajstić information content (AvgIpc) is 3.07. The number of thioether (sulfide) groups is 1. The van der Waals surface area contributed by atoms with Crippen molar-refractivity contribution < 1.29 is 27.2 Å². The molecule has 1 atom stereocenters. The number of anilines is 1. The Morgan fingerprint density at radius 2 is 1.87 bits per heavy atom. The molecule has 2 heterocycles. The lowest BCUT2D eigenvalue weighted by Gasteiger charge is -2.11. The van der Waals surface area contributed by atoms with Crippen molar-refractivity contribution in [2.75, 3.05) is 5.32 Å². The van der Waals surface area contributed by atoms with Crippen molar-refractivity contribution >= 4 is 45.3 Å². The van der Waals surface area contributed by atoms with E-state index in [0.29, 0.717) is 11.0 Å². The number of aliphatic imine (C=N–C) groups is 1. The van der Waals surface area contributed by atoms with Crippen molar-refractivity contribution in [2.24, 2.45) is 4.99 Å². The van der Waals surface area contributed by atoms with Crippen LogP contribution in [0.4, 0.5) is 18.9 Å². The van der Waals surface area contributed by atoms with Crippen LogP contribution >= 0.6 is 11.8 Å². The third-order valence-electron chi connectivity index (χ3n) is 4.46. The van der Waals surface area contributed by atoms with Crippen LogP contribution in [0.15, 0.2) is 68.8 Å². The second-order valence-corrected chi connectivity index (χ2v) is 7.87. The van der Waals surface area contributed by atoms with Crippen LogP contribution in [0.3, 0.4) is 0 Å². The molecule has 3 aromatic rings. The Hall–Kier alpha value is -3.40. The number of nitrogens with zero attached hydrogens (tertiary/aromatic N) is 1. The van der Waals surface area contributed by atoms with Gasteiger partial charge in [0, 0.05) is 17.5 Å². The van der Waals surface area contributed by atoms with Crippen LogP contribution < -0.4 is 10.9 Å². The van der Waals surface area contributed by atoms with Gasteiger partial charge in [-0.15, -0.1) is 0 Å². The first-order valence-corrected chi connectivity index (χ1v) is 9.88. The van der Waals surface area contributed by atoms with E-state index in [1.165, 1.54) is 12.1 Å². The summed E-state index contributed by atoms with van der Waals surface area (Å²) in [5, 5.41) is 2.25. The van der Waals surface area contributed by atoms with Crippen LogP contribution in [-0.4, -0.2) is 22.1 Å². The van der Waals surface area contributed by atoms with Gasteiger partial charge in [-0.1, -0.05) is 36.0 Å². The van der Waals surface area contributed by atoms with Gasteiger partial charge >= 0.3 is 11.8 Å². The Morgan fingerprint density at radius 1 is 1.10 bits per heavy atom. The number of para-hydroxylation sites is 1. The maximum absolute atomic E-state index is 12.8. The van der Waals surface area contributed by atoms with E-state index in [2.05, 4.69) is 10.3 Å². The number of fused-ring (bicyclic) bond motifs is 1. The predicted molar refractivity (Wildman–Crippen MR) is 110 cm³/mol. The zero-order valence-corrected chi connectivity index (χ0v) is 16.4. The Morgan fingerprint density at radius 3 is 2.65 bits per heavy atom. The minimum absolute atomic E-state index is 0.0356. The molecule has 10 heteroatoms. The molecule has 0 saturated carbocycles. The van der Waals surface area contributed by atoms with Crippen LogP contribution in [0, 0.1) is 0 Å². The molecule has 0 radical (unpaired) electrons. The molecule has 1 N–H and O–H groups in total. The van der Waals surface area contributed by atoms with E-state index in [-0.39, 0.29) is 22.7 Å². The summed E-state index contributed by atoms with van der Waals surface area (Å²) in [6.07, 6.45) is -4.85. The van der Waals surface area contributed by atoms with Crippen LogP contribution in [0.5, 0.6) is 0 Å². The topological polar surface area (TPSA) is 88.7 Å². The highest BCUT2D eigenvalue weighted by atomic mass is 32.2. The van der Waals surface area contributed by atoms with Gasteiger partial charge in [-0.25, -0.2) is 9.79 Å². The Labute approximate surface area is 177 Å². The maximum atomic E-state index is 12.8. The van der Waals surface area contributed by atoms with E-state index in [4.69, 9.17) is 4.42 Å². The summed E-state index contributed by atoms with van der Waals surface area (Å²) in [6, 6.07) is 12.6. The van der Waals surface area contributed by atoms with Crippen LogP contribution in [0.25, 0.3) is 11.0 Å². The van der Waals surface area contributed by atoms with Crippen molar-refractivity contribution in [1.29, 1.82) is 0 Å². The summed E-state index contributed by atoms with van der Waals surface area (Å²) in [6.45, 7) is 0. The van der Waals surface area contributed by atoms with Gasteiger partial charge < -0.3 is 9.73 Å². The van der Waals surface area contributed by atoms with Gasteiger partial charge in [0.2, 0.25) is 5.91 Å². The lowest BCUT2D eigenvalue weighted by Crippen LogP contribution is -2.21. The third kappa shape index (κ3) is 4.53. The van der Waals surface area contributed by atoms with Gasteiger partial charge in [-0.05, 0) is 30.3 Å². The number of hydrogen-bond acceptors (Lipinski definition) is 5. The fraction of sp³-hybridized carbons (Fsp3) is 0.143. The maximum Gasteiger partial charge on any atom is 0.416 e. The predicted octanol–water partition coefficient (Wildman–Crippen LogP) is 4.23.